The van der Waals surface area contributed by atoms with Crippen LogP contribution in [0.2, 0.25) is 0 Å². The molecule has 0 aromatic carbocycles. The highest BCUT2D eigenvalue weighted by Gasteiger charge is 2.15. The molecule has 0 spiro atoms. The molecule has 2 atom stereocenters. The average molecular weight is 958 g/mol. The highest BCUT2D eigenvalue weighted by atomic mass is 127. The first-order valence-electron chi connectivity index (χ1n) is 11.8. The van der Waals surface area contributed by atoms with E-state index >= 15 is 0 Å². The smallest absolute Gasteiger partial charge is 0.104 e. The summed E-state index contributed by atoms with van der Waals surface area (Å²) in [6, 6.07) is 0. The standard InChI is InChI=1S/C22H42I4O9/c23-1-5-27-9-11-31-17-21(34-15-13-29-7-3-25)19-33-20-22(35-16-14-30-8-4-26)18-32-12-10-28-6-2-24/h21-22H,1-20H2. The number of rotatable bonds is 30. The molecular weight excluding hydrogens is 916 g/mol. The third-order valence-corrected chi connectivity index (χ3v) is 5.77. The molecule has 0 aromatic heterocycles. The summed E-state index contributed by atoms with van der Waals surface area (Å²) in [5, 5.41) is 0. The van der Waals surface area contributed by atoms with Crippen LogP contribution in [0.5, 0.6) is 0 Å². The highest BCUT2D eigenvalue weighted by molar-refractivity contribution is 14.1. The van der Waals surface area contributed by atoms with Crippen LogP contribution >= 0.6 is 90.4 Å². The van der Waals surface area contributed by atoms with Crippen molar-refractivity contribution in [3.05, 3.63) is 0 Å². The van der Waals surface area contributed by atoms with Gasteiger partial charge in [-0.25, -0.2) is 0 Å². The zero-order valence-electron chi connectivity index (χ0n) is 20.5. The Morgan fingerprint density at radius 3 is 0.943 bits per heavy atom. The Hall–Kier alpha value is 2.56. The van der Waals surface area contributed by atoms with Gasteiger partial charge in [0.05, 0.1) is 106 Å². The zero-order valence-corrected chi connectivity index (χ0v) is 29.1. The third-order valence-electron chi connectivity index (χ3n) is 4.01. The van der Waals surface area contributed by atoms with Gasteiger partial charge in [0, 0.05) is 17.7 Å². The van der Waals surface area contributed by atoms with Crippen LogP contribution in [0.4, 0.5) is 0 Å². The molecule has 0 aliphatic heterocycles. The summed E-state index contributed by atoms with van der Waals surface area (Å²) < 4.78 is 55.0. The van der Waals surface area contributed by atoms with Gasteiger partial charge in [-0.3, -0.25) is 0 Å². The van der Waals surface area contributed by atoms with Gasteiger partial charge in [0.25, 0.3) is 0 Å². The van der Waals surface area contributed by atoms with Crippen molar-refractivity contribution in [2.75, 3.05) is 123 Å². The molecule has 0 amide bonds. The fourth-order valence-corrected chi connectivity index (χ4v) is 3.70. The molecule has 0 N–H and O–H groups in total. The van der Waals surface area contributed by atoms with Crippen LogP contribution in [-0.2, 0) is 42.6 Å². The fraction of sp³-hybridized carbons (Fsp3) is 1.00. The van der Waals surface area contributed by atoms with Gasteiger partial charge in [-0.05, 0) is 0 Å². The number of hydrogen-bond acceptors (Lipinski definition) is 9. The largest absolute Gasteiger partial charge is 0.378 e. The first-order chi connectivity index (χ1) is 17.3. The lowest BCUT2D eigenvalue weighted by molar-refractivity contribution is -0.108. The van der Waals surface area contributed by atoms with Crippen molar-refractivity contribution in [2.45, 2.75) is 12.2 Å². The highest BCUT2D eigenvalue weighted by Crippen LogP contribution is 2.01. The Bertz CT molecular complexity index is 370. The maximum Gasteiger partial charge on any atom is 0.104 e. The van der Waals surface area contributed by atoms with Gasteiger partial charge < -0.3 is 42.6 Å². The molecule has 0 aliphatic rings. The summed E-state index contributed by atoms with van der Waals surface area (Å²) in [6.07, 6.45) is -0.393. The summed E-state index contributed by atoms with van der Waals surface area (Å²) in [5.41, 5.74) is 0. The lowest BCUT2D eigenvalue weighted by Gasteiger charge is -2.22. The van der Waals surface area contributed by atoms with Gasteiger partial charge in [-0.2, -0.15) is 0 Å². The molecular formula is C22H42I4O9. The molecule has 0 saturated carbocycles. The molecule has 0 rings (SSSR count). The number of ether oxygens (including phenoxy) is 9. The van der Waals surface area contributed by atoms with Gasteiger partial charge >= 0.3 is 0 Å². The third kappa shape index (κ3) is 29.4. The van der Waals surface area contributed by atoms with Gasteiger partial charge in [-0.1, -0.05) is 90.4 Å². The Kier molecular flexibility index (Phi) is 35.2. The quantitative estimate of drug-likeness (QED) is 0.0610. The number of halogens is 4. The van der Waals surface area contributed by atoms with Crippen molar-refractivity contribution < 1.29 is 42.6 Å². The molecule has 0 radical (unpaired) electrons. The second-order valence-corrected chi connectivity index (χ2v) is 11.2. The van der Waals surface area contributed by atoms with E-state index in [9.17, 15) is 0 Å². The minimum absolute atomic E-state index is 0.196. The van der Waals surface area contributed by atoms with E-state index in [0.29, 0.717) is 79.3 Å². The first kappa shape index (κ1) is 37.6. The summed E-state index contributed by atoms with van der Waals surface area (Å²) in [4.78, 5) is 0. The second-order valence-electron chi connectivity index (χ2n) is 6.88. The van der Waals surface area contributed by atoms with Crippen LogP contribution in [0.15, 0.2) is 0 Å². The molecule has 0 bridgehead atoms. The predicted molar refractivity (Wildman–Crippen MR) is 171 cm³/mol. The molecule has 0 heterocycles. The summed E-state index contributed by atoms with van der Waals surface area (Å²) in [7, 11) is 0. The van der Waals surface area contributed by atoms with Gasteiger partial charge in [-0.15, -0.1) is 0 Å². The van der Waals surface area contributed by atoms with Crippen LogP contribution in [0, 0.1) is 0 Å². The van der Waals surface area contributed by atoms with Crippen molar-refractivity contribution >= 4 is 90.4 Å². The lowest BCUT2D eigenvalue weighted by Crippen LogP contribution is -2.32. The Morgan fingerprint density at radius 1 is 0.314 bits per heavy atom. The molecule has 35 heavy (non-hydrogen) atoms. The lowest BCUT2D eigenvalue weighted by atomic mass is 10.3. The van der Waals surface area contributed by atoms with Crippen molar-refractivity contribution in [3.8, 4) is 0 Å². The Morgan fingerprint density at radius 2 is 0.600 bits per heavy atom. The summed E-state index contributed by atoms with van der Waals surface area (Å²) in [5.74, 6) is 0. The Balaban J connectivity index is 4.38. The monoisotopic (exact) mass is 958 g/mol. The van der Waals surface area contributed by atoms with E-state index in [1.54, 1.807) is 0 Å². The van der Waals surface area contributed by atoms with Crippen LogP contribution in [0.25, 0.3) is 0 Å². The predicted octanol–water partition coefficient (Wildman–Crippen LogP) is 3.61. The molecule has 9 nitrogen and oxygen atoms in total. The zero-order chi connectivity index (χ0) is 25.7. The molecule has 212 valence electrons. The first-order valence-corrected chi connectivity index (χ1v) is 17.9. The summed E-state index contributed by atoms with van der Waals surface area (Å²) >= 11 is 9.14. The maximum absolute atomic E-state index is 5.95. The van der Waals surface area contributed by atoms with Crippen LogP contribution in [0.1, 0.15) is 0 Å². The van der Waals surface area contributed by atoms with Crippen LogP contribution in [-0.4, -0.2) is 136 Å². The fourth-order valence-electron chi connectivity index (χ4n) is 2.46. The van der Waals surface area contributed by atoms with E-state index in [1.807, 2.05) is 0 Å². The second kappa shape index (κ2) is 32.8. The van der Waals surface area contributed by atoms with E-state index in [4.69, 9.17) is 42.6 Å². The van der Waals surface area contributed by atoms with Gasteiger partial charge in [0.1, 0.15) is 12.2 Å². The topological polar surface area (TPSA) is 83.1 Å². The molecule has 0 fully saturated rings. The van der Waals surface area contributed by atoms with Crippen LogP contribution < -0.4 is 0 Å². The Labute approximate surface area is 265 Å². The van der Waals surface area contributed by atoms with Crippen molar-refractivity contribution in [3.63, 3.8) is 0 Å². The number of alkyl halides is 4. The van der Waals surface area contributed by atoms with Gasteiger partial charge in [0.2, 0.25) is 0 Å². The minimum Gasteiger partial charge on any atom is -0.378 e. The number of hydrogen-bond donors (Lipinski definition) is 0. The van der Waals surface area contributed by atoms with E-state index in [1.165, 1.54) is 0 Å². The van der Waals surface area contributed by atoms with E-state index < -0.39 is 0 Å². The maximum atomic E-state index is 5.95. The van der Waals surface area contributed by atoms with E-state index in [0.717, 1.165) is 44.1 Å². The molecule has 2 unspecified atom stereocenters. The molecule has 0 aliphatic carbocycles. The van der Waals surface area contributed by atoms with Crippen molar-refractivity contribution in [1.82, 2.24) is 0 Å². The molecule has 13 heteroatoms. The van der Waals surface area contributed by atoms with Crippen molar-refractivity contribution in [1.29, 1.82) is 0 Å². The molecule has 0 aromatic rings. The van der Waals surface area contributed by atoms with E-state index in [2.05, 4.69) is 90.4 Å². The van der Waals surface area contributed by atoms with E-state index in [-0.39, 0.29) is 12.2 Å². The normalized spacial score (nSPS) is 13.4. The minimum atomic E-state index is -0.196. The average Bonchev–Trinajstić information content (AvgIpc) is 2.87. The van der Waals surface area contributed by atoms with Crippen molar-refractivity contribution in [2.24, 2.45) is 0 Å². The van der Waals surface area contributed by atoms with Crippen LogP contribution in [0.3, 0.4) is 0 Å². The summed E-state index contributed by atoms with van der Waals surface area (Å²) in [6.45, 7) is 8.85. The molecule has 0 saturated heterocycles. The van der Waals surface area contributed by atoms with Gasteiger partial charge in [0.15, 0.2) is 0 Å². The SMILES string of the molecule is ICCOCCOCC(COCC(COCCOCCI)OCCOCCI)OCCOCCI.